The summed E-state index contributed by atoms with van der Waals surface area (Å²) in [7, 11) is 0. The molecule has 0 aromatic heterocycles. The van der Waals surface area contributed by atoms with Crippen molar-refractivity contribution in [3.8, 4) is 0 Å². The van der Waals surface area contributed by atoms with Crippen molar-refractivity contribution >= 4 is 11.6 Å². The van der Waals surface area contributed by atoms with Crippen LogP contribution in [0.5, 0.6) is 0 Å². The molecule has 3 nitrogen and oxygen atoms in total. The third kappa shape index (κ3) is 7.59. The van der Waals surface area contributed by atoms with Gasteiger partial charge >= 0.3 is 0 Å². The number of nitrogens with zero attached hydrogens (tertiary/aromatic N) is 1. The summed E-state index contributed by atoms with van der Waals surface area (Å²) in [5.41, 5.74) is 4.03. The highest BCUT2D eigenvalue weighted by atomic mass is 19.1. The number of halogens is 1. The van der Waals surface area contributed by atoms with Crippen LogP contribution >= 0.6 is 0 Å². The average molecular weight is 292 g/mol. The van der Waals surface area contributed by atoms with Crippen LogP contribution in [-0.2, 0) is 4.79 Å². The second kappa shape index (κ2) is 10.1. The van der Waals surface area contributed by atoms with E-state index < -0.39 is 0 Å². The van der Waals surface area contributed by atoms with E-state index in [2.05, 4.69) is 17.5 Å². The lowest BCUT2D eigenvalue weighted by Gasteiger charge is -2.03. The molecule has 0 heterocycles. The molecule has 0 aliphatic carbocycles. The van der Waals surface area contributed by atoms with Crippen LogP contribution in [0.1, 0.15) is 64.4 Å². The summed E-state index contributed by atoms with van der Waals surface area (Å²) in [4.78, 5) is 11.6. The quantitative estimate of drug-likeness (QED) is 0.408. The highest BCUT2D eigenvalue weighted by Crippen LogP contribution is 2.07. The van der Waals surface area contributed by atoms with Gasteiger partial charge in [-0.2, -0.15) is 5.10 Å². The normalized spacial score (nSPS) is 11.5. The number of hydrogen-bond donors (Lipinski definition) is 1. The van der Waals surface area contributed by atoms with Crippen LogP contribution in [0.15, 0.2) is 29.4 Å². The Balaban J connectivity index is 2.25. The van der Waals surface area contributed by atoms with Gasteiger partial charge < -0.3 is 0 Å². The van der Waals surface area contributed by atoms with Crippen molar-refractivity contribution in [2.45, 2.75) is 58.8 Å². The number of benzene rings is 1. The second-order valence-corrected chi connectivity index (χ2v) is 5.26. The fourth-order valence-electron chi connectivity index (χ4n) is 2.02. The molecule has 1 rings (SSSR count). The number of amides is 1. The van der Waals surface area contributed by atoms with Crippen LogP contribution < -0.4 is 5.43 Å². The standard InChI is InChI=1S/C17H25FN2O/c1-3-4-5-6-7-8-9-17(21)20-19-14(2)15-10-12-16(18)13-11-15/h10-13H,3-9H2,1-2H3,(H,20,21)/b19-14+. The van der Waals surface area contributed by atoms with Crippen LogP contribution in [0.2, 0.25) is 0 Å². The molecule has 4 heteroatoms. The van der Waals surface area contributed by atoms with Crippen molar-refractivity contribution in [1.29, 1.82) is 0 Å². The first-order valence-electron chi connectivity index (χ1n) is 7.72. The maximum absolute atomic E-state index is 12.8. The Kier molecular flexibility index (Phi) is 8.32. The van der Waals surface area contributed by atoms with E-state index in [0.717, 1.165) is 18.4 Å². The molecule has 1 N–H and O–H groups in total. The minimum absolute atomic E-state index is 0.0630. The monoisotopic (exact) mass is 292 g/mol. The second-order valence-electron chi connectivity index (χ2n) is 5.26. The first-order valence-corrected chi connectivity index (χ1v) is 7.72. The summed E-state index contributed by atoms with van der Waals surface area (Å²) in [5.74, 6) is -0.342. The molecule has 1 aromatic rings. The highest BCUT2D eigenvalue weighted by molar-refractivity contribution is 5.99. The highest BCUT2D eigenvalue weighted by Gasteiger charge is 2.02. The number of carbonyl (C=O) groups is 1. The van der Waals surface area contributed by atoms with E-state index in [-0.39, 0.29) is 11.7 Å². The molecule has 0 saturated heterocycles. The minimum Gasteiger partial charge on any atom is -0.273 e. The van der Waals surface area contributed by atoms with Crippen molar-refractivity contribution < 1.29 is 9.18 Å². The Morgan fingerprint density at radius 2 is 1.71 bits per heavy atom. The molecule has 0 aliphatic heterocycles. The molecular weight excluding hydrogens is 267 g/mol. The van der Waals surface area contributed by atoms with E-state index in [4.69, 9.17) is 0 Å². The minimum atomic E-state index is -0.279. The van der Waals surface area contributed by atoms with Crippen LogP contribution in [-0.4, -0.2) is 11.6 Å². The van der Waals surface area contributed by atoms with E-state index in [1.807, 2.05) is 0 Å². The summed E-state index contributed by atoms with van der Waals surface area (Å²) < 4.78 is 12.8. The van der Waals surface area contributed by atoms with Gasteiger partial charge in [0, 0.05) is 6.42 Å². The zero-order chi connectivity index (χ0) is 15.5. The van der Waals surface area contributed by atoms with Gasteiger partial charge in [0.05, 0.1) is 5.71 Å². The fraction of sp³-hybridized carbons (Fsp3) is 0.529. The maximum atomic E-state index is 12.8. The molecule has 21 heavy (non-hydrogen) atoms. The predicted molar refractivity (Wildman–Crippen MR) is 84.7 cm³/mol. The molecule has 0 fully saturated rings. The first-order chi connectivity index (χ1) is 10.1. The van der Waals surface area contributed by atoms with Gasteiger partial charge in [0.25, 0.3) is 0 Å². The van der Waals surface area contributed by atoms with Gasteiger partial charge in [0.15, 0.2) is 0 Å². The van der Waals surface area contributed by atoms with Crippen molar-refractivity contribution in [2.75, 3.05) is 0 Å². The van der Waals surface area contributed by atoms with Gasteiger partial charge in [-0.3, -0.25) is 4.79 Å². The molecule has 1 aromatic carbocycles. The van der Waals surface area contributed by atoms with Crippen LogP contribution in [0, 0.1) is 5.82 Å². The van der Waals surface area contributed by atoms with Gasteiger partial charge in [0.2, 0.25) is 5.91 Å². The molecule has 0 atom stereocenters. The van der Waals surface area contributed by atoms with Gasteiger partial charge in [-0.15, -0.1) is 0 Å². The van der Waals surface area contributed by atoms with Crippen molar-refractivity contribution in [2.24, 2.45) is 5.10 Å². The third-order valence-electron chi connectivity index (χ3n) is 3.37. The van der Waals surface area contributed by atoms with Crippen molar-refractivity contribution in [3.05, 3.63) is 35.6 Å². The Bertz CT molecular complexity index is 454. The van der Waals surface area contributed by atoms with E-state index in [0.29, 0.717) is 12.1 Å². The van der Waals surface area contributed by atoms with E-state index >= 15 is 0 Å². The third-order valence-corrected chi connectivity index (χ3v) is 3.37. The summed E-state index contributed by atoms with van der Waals surface area (Å²) in [6.45, 7) is 3.98. The lowest BCUT2D eigenvalue weighted by atomic mass is 10.1. The molecule has 0 bridgehead atoms. The summed E-state index contributed by atoms with van der Waals surface area (Å²) in [6, 6.07) is 6.06. The van der Waals surface area contributed by atoms with Crippen molar-refractivity contribution in [1.82, 2.24) is 5.43 Å². The molecule has 116 valence electrons. The Morgan fingerprint density at radius 3 is 2.38 bits per heavy atom. The van der Waals surface area contributed by atoms with Crippen LogP contribution in [0.25, 0.3) is 0 Å². The van der Waals surface area contributed by atoms with Gasteiger partial charge in [0.1, 0.15) is 5.82 Å². The lowest BCUT2D eigenvalue weighted by Crippen LogP contribution is -2.18. The van der Waals surface area contributed by atoms with Gasteiger partial charge in [-0.25, -0.2) is 9.82 Å². The zero-order valence-corrected chi connectivity index (χ0v) is 13.0. The molecular formula is C17H25FN2O. The van der Waals surface area contributed by atoms with Crippen LogP contribution in [0.4, 0.5) is 4.39 Å². The maximum Gasteiger partial charge on any atom is 0.240 e. The summed E-state index contributed by atoms with van der Waals surface area (Å²) >= 11 is 0. The molecule has 0 radical (unpaired) electrons. The number of unbranched alkanes of at least 4 members (excludes halogenated alkanes) is 5. The molecule has 0 saturated carbocycles. The fourth-order valence-corrected chi connectivity index (χ4v) is 2.02. The smallest absolute Gasteiger partial charge is 0.240 e. The lowest BCUT2D eigenvalue weighted by molar-refractivity contribution is -0.121. The molecule has 0 aliphatic rings. The SMILES string of the molecule is CCCCCCCCC(=O)N/N=C(\C)c1ccc(F)cc1. The van der Waals surface area contributed by atoms with Crippen LogP contribution in [0.3, 0.4) is 0 Å². The topological polar surface area (TPSA) is 41.5 Å². The molecule has 0 spiro atoms. The van der Waals surface area contributed by atoms with Gasteiger partial charge in [-0.05, 0) is 31.0 Å². The number of carbonyl (C=O) groups excluding carboxylic acids is 1. The predicted octanol–water partition coefficient (Wildman–Crippen LogP) is 4.42. The Hall–Kier alpha value is -1.71. The number of nitrogens with one attached hydrogen (secondary N) is 1. The van der Waals surface area contributed by atoms with Gasteiger partial charge in [-0.1, -0.05) is 51.2 Å². The zero-order valence-electron chi connectivity index (χ0n) is 13.0. The largest absolute Gasteiger partial charge is 0.273 e. The van der Waals surface area contributed by atoms with Crippen molar-refractivity contribution in [3.63, 3.8) is 0 Å². The molecule has 1 amide bonds. The van der Waals surface area contributed by atoms with E-state index in [1.165, 1.54) is 37.8 Å². The summed E-state index contributed by atoms with van der Waals surface area (Å²) in [5, 5.41) is 4.05. The Morgan fingerprint density at radius 1 is 1.10 bits per heavy atom. The Labute approximate surface area is 126 Å². The average Bonchev–Trinajstić information content (AvgIpc) is 2.49. The number of hydrogen-bond acceptors (Lipinski definition) is 2. The number of hydrazone groups is 1. The van der Waals surface area contributed by atoms with E-state index in [9.17, 15) is 9.18 Å². The molecule has 0 unspecified atom stereocenters. The summed E-state index contributed by atoms with van der Waals surface area (Å²) in [6.07, 6.45) is 7.45. The first kappa shape index (κ1) is 17.3. The van der Waals surface area contributed by atoms with E-state index in [1.54, 1.807) is 19.1 Å². The number of rotatable bonds is 9.